The Morgan fingerprint density at radius 3 is 2.40 bits per heavy atom. The van der Waals surface area contributed by atoms with E-state index in [1.54, 1.807) is 7.11 Å². The molecule has 2 nitrogen and oxygen atoms in total. The molecule has 0 fully saturated rings. The highest BCUT2D eigenvalue weighted by Crippen LogP contribution is 2.08. The molecule has 0 saturated heterocycles. The van der Waals surface area contributed by atoms with E-state index in [9.17, 15) is 0 Å². The standard InChI is InChI=1S/C13H27NO/c1-7-12(8-11(2)10-15-6)9-14-13(3,4)5/h8,11,14H,7,9-10H2,1-6H3. The lowest BCUT2D eigenvalue weighted by molar-refractivity contribution is 0.175. The maximum Gasteiger partial charge on any atom is 0.0522 e. The van der Waals surface area contributed by atoms with Gasteiger partial charge in [0, 0.05) is 19.2 Å². The van der Waals surface area contributed by atoms with Gasteiger partial charge in [-0.1, -0.05) is 25.5 Å². The Balaban J connectivity index is 4.12. The minimum absolute atomic E-state index is 0.193. The summed E-state index contributed by atoms with van der Waals surface area (Å²) in [6.45, 7) is 12.8. The topological polar surface area (TPSA) is 21.3 Å². The molecule has 2 heteroatoms. The monoisotopic (exact) mass is 213 g/mol. The van der Waals surface area contributed by atoms with Gasteiger partial charge >= 0.3 is 0 Å². The molecule has 15 heavy (non-hydrogen) atoms. The van der Waals surface area contributed by atoms with E-state index in [0.717, 1.165) is 19.6 Å². The van der Waals surface area contributed by atoms with Crippen molar-refractivity contribution in [3.05, 3.63) is 11.6 Å². The number of rotatable bonds is 6. The molecule has 0 rings (SSSR count). The maximum atomic E-state index is 5.13. The van der Waals surface area contributed by atoms with E-state index in [0.29, 0.717) is 5.92 Å². The highest BCUT2D eigenvalue weighted by atomic mass is 16.5. The Morgan fingerprint density at radius 2 is 2.00 bits per heavy atom. The summed E-state index contributed by atoms with van der Waals surface area (Å²) in [6, 6.07) is 0. The second-order valence-corrected chi connectivity index (χ2v) is 5.21. The van der Waals surface area contributed by atoms with E-state index in [2.05, 4.69) is 46.0 Å². The predicted octanol–water partition coefficient (Wildman–Crippen LogP) is 2.99. The summed E-state index contributed by atoms with van der Waals surface area (Å²) in [6.07, 6.45) is 3.43. The summed E-state index contributed by atoms with van der Waals surface area (Å²) < 4.78 is 5.13. The van der Waals surface area contributed by atoms with Crippen LogP contribution in [0, 0.1) is 5.92 Å². The molecule has 0 aliphatic rings. The van der Waals surface area contributed by atoms with Crippen molar-refractivity contribution in [3.8, 4) is 0 Å². The molecule has 0 aromatic carbocycles. The molecule has 0 spiro atoms. The van der Waals surface area contributed by atoms with Crippen molar-refractivity contribution in [2.24, 2.45) is 5.92 Å². The van der Waals surface area contributed by atoms with Crippen molar-refractivity contribution in [3.63, 3.8) is 0 Å². The molecule has 0 saturated carbocycles. The first-order valence-corrected chi connectivity index (χ1v) is 5.82. The van der Waals surface area contributed by atoms with Gasteiger partial charge in [0.15, 0.2) is 0 Å². The second kappa shape index (κ2) is 7.02. The largest absolute Gasteiger partial charge is 0.384 e. The van der Waals surface area contributed by atoms with Gasteiger partial charge in [-0.2, -0.15) is 0 Å². The lowest BCUT2D eigenvalue weighted by Gasteiger charge is -2.22. The van der Waals surface area contributed by atoms with Gasteiger partial charge in [0.2, 0.25) is 0 Å². The molecule has 0 bridgehead atoms. The molecule has 0 amide bonds. The van der Waals surface area contributed by atoms with Crippen LogP contribution in [0.4, 0.5) is 0 Å². The lowest BCUT2D eigenvalue weighted by atomic mass is 10.0. The van der Waals surface area contributed by atoms with Gasteiger partial charge in [0.1, 0.15) is 0 Å². The van der Waals surface area contributed by atoms with E-state index in [4.69, 9.17) is 4.74 Å². The Morgan fingerprint density at radius 1 is 1.40 bits per heavy atom. The van der Waals surface area contributed by atoms with Crippen LogP contribution >= 0.6 is 0 Å². The highest BCUT2D eigenvalue weighted by molar-refractivity contribution is 5.06. The van der Waals surface area contributed by atoms with E-state index in [-0.39, 0.29) is 5.54 Å². The fraction of sp³-hybridized carbons (Fsp3) is 0.846. The molecule has 0 aromatic rings. The third-order valence-electron chi connectivity index (χ3n) is 2.25. The molecule has 0 aliphatic heterocycles. The minimum Gasteiger partial charge on any atom is -0.384 e. The zero-order chi connectivity index (χ0) is 11.9. The van der Waals surface area contributed by atoms with Crippen LogP contribution in [-0.4, -0.2) is 25.8 Å². The smallest absolute Gasteiger partial charge is 0.0522 e. The van der Waals surface area contributed by atoms with Gasteiger partial charge < -0.3 is 10.1 Å². The van der Waals surface area contributed by atoms with Gasteiger partial charge in [-0.05, 0) is 33.1 Å². The fourth-order valence-corrected chi connectivity index (χ4v) is 1.39. The van der Waals surface area contributed by atoms with Crippen LogP contribution in [0.5, 0.6) is 0 Å². The summed E-state index contributed by atoms with van der Waals surface area (Å²) in [5.41, 5.74) is 1.66. The first-order chi connectivity index (χ1) is 6.89. The molecule has 90 valence electrons. The van der Waals surface area contributed by atoms with Gasteiger partial charge in [-0.3, -0.25) is 0 Å². The summed E-state index contributed by atoms with van der Waals surface area (Å²) in [4.78, 5) is 0. The van der Waals surface area contributed by atoms with Crippen molar-refractivity contribution in [1.82, 2.24) is 5.32 Å². The highest BCUT2D eigenvalue weighted by Gasteiger charge is 2.09. The average Bonchev–Trinajstić information content (AvgIpc) is 2.11. The van der Waals surface area contributed by atoms with Crippen LogP contribution in [-0.2, 0) is 4.74 Å². The van der Waals surface area contributed by atoms with Gasteiger partial charge in [0.05, 0.1) is 6.61 Å². The third kappa shape index (κ3) is 8.64. The van der Waals surface area contributed by atoms with Crippen molar-refractivity contribution >= 4 is 0 Å². The van der Waals surface area contributed by atoms with Gasteiger partial charge in [0.25, 0.3) is 0 Å². The maximum absolute atomic E-state index is 5.13. The zero-order valence-electron chi connectivity index (χ0n) is 11.2. The molecule has 0 radical (unpaired) electrons. The van der Waals surface area contributed by atoms with Crippen LogP contribution in [0.3, 0.4) is 0 Å². The molecule has 0 aliphatic carbocycles. The third-order valence-corrected chi connectivity index (χ3v) is 2.25. The van der Waals surface area contributed by atoms with Gasteiger partial charge in [-0.15, -0.1) is 0 Å². The Bertz CT molecular complexity index is 191. The number of methoxy groups -OCH3 is 1. The second-order valence-electron chi connectivity index (χ2n) is 5.21. The number of hydrogen-bond donors (Lipinski definition) is 1. The molecule has 1 atom stereocenters. The van der Waals surface area contributed by atoms with E-state index < -0.39 is 0 Å². The zero-order valence-corrected chi connectivity index (χ0v) is 11.2. The Kier molecular flexibility index (Phi) is 6.86. The van der Waals surface area contributed by atoms with Crippen molar-refractivity contribution in [2.75, 3.05) is 20.3 Å². The quantitative estimate of drug-likeness (QED) is 0.685. The van der Waals surface area contributed by atoms with Crippen molar-refractivity contribution < 1.29 is 4.74 Å². The first-order valence-electron chi connectivity index (χ1n) is 5.82. The first kappa shape index (κ1) is 14.7. The normalized spacial score (nSPS) is 15.5. The van der Waals surface area contributed by atoms with Crippen LogP contribution < -0.4 is 5.32 Å². The summed E-state index contributed by atoms with van der Waals surface area (Å²) >= 11 is 0. The van der Waals surface area contributed by atoms with Crippen molar-refractivity contribution in [2.45, 2.75) is 46.6 Å². The van der Waals surface area contributed by atoms with Crippen LogP contribution in [0.25, 0.3) is 0 Å². The van der Waals surface area contributed by atoms with Crippen molar-refractivity contribution in [1.29, 1.82) is 0 Å². The fourth-order valence-electron chi connectivity index (χ4n) is 1.39. The predicted molar refractivity (Wildman–Crippen MR) is 67.2 cm³/mol. The van der Waals surface area contributed by atoms with Gasteiger partial charge in [-0.25, -0.2) is 0 Å². The Hall–Kier alpha value is -0.340. The minimum atomic E-state index is 0.193. The molecule has 0 heterocycles. The molecule has 1 unspecified atom stereocenters. The van der Waals surface area contributed by atoms with Crippen LogP contribution in [0.2, 0.25) is 0 Å². The summed E-state index contributed by atoms with van der Waals surface area (Å²) in [7, 11) is 1.75. The molecular formula is C13H27NO. The van der Waals surface area contributed by atoms with E-state index >= 15 is 0 Å². The average molecular weight is 213 g/mol. The van der Waals surface area contributed by atoms with E-state index in [1.807, 2.05) is 0 Å². The summed E-state index contributed by atoms with van der Waals surface area (Å²) in [5, 5.41) is 3.51. The SMILES string of the molecule is CCC(=CC(C)COC)CNC(C)(C)C. The van der Waals surface area contributed by atoms with Crippen LogP contribution in [0.15, 0.2) is 11.6 Å². The van der Waals surface area contributed by atoms with E-state index in [1.165, 1.54) is 5.57 Å². The number of nitrogens with one attached hydrogen (secondary N) is 1. The molecular weight excluding hydrogens is 186 g/mol. The Labute approximate surface area is 95.1 Å². The molecule has 0 aromatic heterocycles. The number of hydrogen-bond acceptors (Lipinski definition) is 2. The summed E-state index contributed by atoms with van der Waals surface area (Å²) in [5.74, 6) is 0.506. The van der Waals surface area contributed by atoms with Crippen LogP contribution in [0.1, 0.15) is 41.0 Å². The molecule has 1 N–H and O–H groups in total. The number of ether oxygens (including phenoxy) is 1. The lowest BCUT2D eigenvalue weighted by Crippen LogP contribution is -2.37.